The van der Waals surface area contributed by atoms with Crippen molar-refractivity contribution in [3.63, 3.8) is 0 Å². The van der Waals surface area contributed by atoms with E-state index in [1.807, 2.05) is 23.0 Å². The third-order valence-electron chi connectivity index (χ3n) is 4.46. The molecule has 0 saturated heterocycles. The lowest BCUT2D eigenvalue weighted by atomic mass is 10.1. The highest BCUT2D eigenvalue weighted by Crippen LogP contribution is 2.24. The van der Waals surface area contributed by atoms with Gasteiger partial charge in [-0.05, 0) is 61.6 Å². The van der Waals surface area contributed by atoms with Gasteiger partial charge in [0.15, 0.2) is 11.0 Å². The van der Waals surface area contributed by atoms with Crippen LogP contribution in [0.4, 0.5) is 0 Å². The zero-order valence-corrected chi connectivity index (χ0v) is 16.6. The number of nitrogens with one attached hydrogen (secondary N) is 1. The van der Waals surface area contributed by atoms with Crippen molar-refractivity contribution in [3.05, 3.63) is 65.0 Å². The molecule has 1 amide bonds. The van der Waals surface area contributed by atoms with Gasteiger partial charge in [0.05, 0.1) is 19.3 Å². The monoisotopic (exact) mass is 382 g/mol. The number of rotatable bonds is 6. The van der Waals surface area contributed by atoms with E-state index in [-0.39, 0.29) is 12.5 Å². The first-order valence-corrected chi connectivity index (χ1v) is 9.74. The molecule has 3 aromatic rings. The third-order valence-corrected chi connectivity index (χ3v) is 5.09. The molecule has 3 rings (SSSR count). The summed E-state index contributed by atoms with van der Waals surface area (Å²) in [6, 6.07) is 13.1. The Bertz CT molecular complexity index is 951. The minimum absolute atomic E-state index is 0.168. The summed E-state index contributed by atoms with van der Waals surface area (Å²) in [5, 5.41) is 12.3. The van der Waals surface area contributed by atoms with Crippen molar-refractivity contribution in [1.82, 2.24) is 20.1 Å². The van der Waals surface area contributed by atoms with Gasteiger partial charge in [0.2, 0.25) is 0 Å². The zero-order valence-electron chi connectivity index (χ0n) is 15.8. The number of carbonyl (C=O) groups excluding carboxylic acids is 1. The summed E-state index contributed by atoms with van der Waals surface area (Å²) in [5.41, 5.74) is 3.95. The van der Waals surface area contributed by atoms with Gasteiger partial charge in [-0.3, -0.25) is 9.36 Å². The van der Waals surface area contributed by atoms with Gasteiger partial charge in [-0.2, -0.15) is 0 Å². The van der Waals surface area contributed by atoms with E-state index in [1.54, 1.807) is 31.4 Å². The fraction of sp³-hybridized carbons (Fsp3) is 0.250. The number of benzene rings is 2. The number of hydrogen-bond donors (Lipinski definition) is 1. The fourth-order valence-electron chi connectivity index (χ4n) is 2.77. The lowest BCUT2D eigenvalue weighted by Crippen LogP contribution is -2.24. The van der Waals surface area contributed by atoms with Crippen molar-refractivity contribution in [3.8, 4) is 11.4 Å². The van der Waals surface area contributed by atoms with Gasteiger partial charge < -0.3 is 10.1 Å². The van der Waals surface area contributed by atoms with E-state index < -0.39 is 0 Å². The van der Waals surface area contributed by atoms with Crippen LogP contribution < -0.4 is 10.1 Å². The quantitative estimate of drug-likeness (QED) is 0.661. The molecule has 0 aliphatic heterocycles. The highest BCUT2D eigenvalue weighted by molar-refractivity contribution is 7.98. The number of carbonyl (C=O) groups is 1. The van der Waals surface area contributed by atoms with Crippen molar-refractivity contribution in [2.45, 2.75) is 25.5 Å². The van der Waals surface area contributed by atoms with E-state index in [0.29, 0.717) is 17.1 Å². The maximum atomic E-state index is 12.4. The van der Waals surface area contributed by atoms with Gasteiger partial charge in [0, 0.05) is 5.56 Å². The Balaban J connectivity index is 1.84. The van der Waals surface area contributed by atoms with Crippen LogP contribution in [0.15, 0.2) is 47.6 Å². The number of nitrogens with zero attached hydrogens (tertiary/aromatic N) is 3. The van der Waals surface area contributed by atoms with Gasteiger partial charge in [0.25, 0.3) is 5.91 Å². The maximum Gasteiger partial charge on any atom is 0.251 e. The molecule has 1 heterocycles. The van der Waals surface area contributed by atoms with Crippen LogP contribution in [0.1, 0.15) is 27.3 Å². The highest BCUT2D eigenvalue weighted by Gasteiger charge is 2.16. The van der Waals surface area contributed by atoms with Crippen LogP contribution in [0, 0.1) is 13.8 Å². The molecule has 0 radical (unpaired) electrons. The van der Waals surface area contributed by atoms with E-state index in [9.17, 15) is 4.79 Å². The minimum Gasteiger partial charge on any atom is -0.497 e. The van der Waals surface area contributed by atoms with Crippen LogP contribution in [0.25, 0.3) is 5.69 Å². The van der Waals surface area contributed by atoms with Crippen molar-refractivity contribution >= 4 is 17.7 Å². The van der Waals surface area contributed by atoms with Crippen LogP contribution in [-0.4, -0.2) is 34.0 Å². The molecule has 7 heteroatoms. The van der Waals surface area contributed by atoms with Gasteiger partial charge >= 0.3 is 0 Å². The second-order valence-electron chi connectivity index (χ2n) is 6.07. The predicted molar refractivity (Wildman–Crippen MR) is 107 cm³/mol. The van der Waals surface area contributed by atoms with Crippen LogP contribution in [-0.2, 0) is 6.54 Å². The second kappa shape index (κ2) is 8.26. The summed E-state index contributed by atoms with van der Waals surface area (Å²) >= 11 is 1.52. The molecule has 1 aromatic heterocycles. The van der Waals surface area contributed by atoms with Gasteiger partial charge in [-0.15, -0.1) is 10.2 Å². The van der Waals surface area contributed by atoms with Crippen molar-refractivity contribution in [2.75, 3.05) is 13.4 Å². The van der Waals surface area contributed by atoms with Crippen LogP contribution >= 0.6 is 11.8 Å². The van der Waals surface area contributed by atoms with Gasteiger partial charge in [-0.25, -0.2) is 0 Å². The summed E-state index contributed by atoms with van der Waals surface area (Å²) in [5.74, 6) is 1.24. The Morgan fingerprint density at radius 3 is 2.56 bits per heavy atom. The third kappa shape index (κ3) is 3.98. The molecule has 2 aromatic carbocycles. The molecule has 0 fully saturated rings. The van der Waals surface area contributed by atoms with Gasteiger partial charge in [-0.1, -0.05) is 23.9 Å². The Morgan fingerprint density at radius 1 is 1.15 bits per heavy atom. The number of aromatic nitrogens is 3. The molecule has 0 unspecified atom stereocenters. The molecule has 0 bridgehead atoms. The Labute approximate surface area is 163 Å². The number of methoxy groups -OCH3 is 1. The first-order chi connectivity index (χ1) is 13.0. The summed E-state index contributed by atoms with van der Waals surface area (Å²) in [6.07, 6.45) is 1.96. The maximum absolute atomic E-state index is 12.4. The average molecular weight is 382 g/mol. The number of ether oxygens (including phenoxy) is 1. The first kappa shape index (κ1) is 19.0. The Kier molecular flexibility index (Phi) is 5.81. The molecule has 140 valence electrons. The standard InChI is InChI=1S/C20H22N4O2S/c1-13-6-5-7-17(14(13)2)24-18(22-23-20(24)27-4)12-21-19(25)15-8-10-16(26-3)11-9-15/h5-11H,12H2,1-4H3,(H,21,25). The lowest BCUT2D eigenvalue weighted by Gasteiger charge is -2.14. The SMILES string of the molecule is COc1ccc(C(=O)NCc2nnc(SC)n2-c2cccc(C)c2C)cc1. The zero-order chi connectivity index (χ0) is 19.4. The normalized spacial score (nSPS) is 10.7. The predicted octanol–water partition coefficient (Wildman–Crippen LogP) is 3.54. The molecule has 0 spiro atoms. The average Bonchev–Trinajstić information content (AvgIpc) is 3.11. The van der Waals surface area contributed by atoms with Crippen LogP contribution in [0.5, 0.6) is 5.75 Å². The number of thioether (sulfide) groups is 1. The topological polar surface area (TPSA) is 69.0 Å². The molecule has 6 nitrogen and oxygen atoms in total. The molecule has 0 aliphatic carbocycles. The lowest BCUT2D eigenvalue weighted by molar-refractivity contribution is 0.0949. The molecule has 0 atom stereocenters. The summed E-state index contributed by atoms with van der Waals surface area (Å²) in [4.78, 5) is 12.4. The Hall–Kier alpha value is -2.80. The smallest absolute Gasteiger partial charge is 0.251 e. The largest absolute Gasteiger partial charge is 0.497 e. The second-order valence-corrected chi connectivity index (χ2v) is 6.84. The number of amides is 1. The van der Waals surface area contributed by atoms with Crippen LogP contribution in [0.3, 0.4) is 0 Å². The van der Waals surface area contributed by atoms with Crippen molar-refractivity contribution in [1.29, 1.82) is 0 Å². The van der Waals surface area contributed by atoms with E-state index in [1.165, 1.54) is 17.3 Å². The fourth-order valence-corrected chi connectivity index (χ4v) is 3.28. The summed E-state index contributed by atoms with van der Waals surface area (Å²) < 4.78 is 7.12. The molecular weight excluding hydrogens is 360 g/mol. The van der Waals surface area contributed by atoms with E-state index >= 15 is 0 Å². The first-order valence-electron chi connectivity index (χ1n) is 8.52. The molecule has 27 heavy (non-hydrogen) atoms. The minimum atomic E-state index is -0.168. The highest BCUT2D eigenvalue weighted by atomic mass is 32.2. The molecule has 0 aliphatic rings. The molecule has 0 saturated carbocycles. The summed E-state index contributed by atoms with van der Waals surface area (Å²) in [6.45, 7) is 4.44. The number of aryl methyl sites for hydroxylation is 1. The van der Waals surface area contributed by atoms with Crippen LogP contribution in [0.2, 0.25) is 0 Å². The van der Waals surface area contributed by atoms with Crippen molar-refractivity contribution in [2.24, 2.45) is 0 Å². The Morgan fingerprint density at radius 2 is 1.89 bits per heavy atom. The summed E-state index contributed by atoms with van der Waals surface area (Å²) in [7, 11) is 1.60. The van der Waals surface area contributed by atoms with Gasteiger partial charge in [0.1, 0.15) is 5.75 Å². The molecule has 1 N–H and O–H groups in total. The number of hydrogen-bond acceptors (Lipinski definition) is 5. The molecular formula is C20H22N4O2S. The van der Waals surface area contributed by atoms with E-state index in [2.05, 4.69) is 35.4 Å². The van der Waals surface area contributed by atoms with Crippen molar-refractivity contribution < 1.29 is 9.53 Å². The van der Waals surface area contributed by atoms with E-state index in [0.717, 1.165) is 16.4 Å². The van der Waals surface area contributed by atoms with E-state index in [4.69, 9.17) is 4.74 Å².